The molecule has 1 saturated heterocycles. The van der Waals surface area contributed by atoms with Gasteiger partial charge in [-0.15, -0.1) is 0 Å². The van der Waals surface area contributed by atoms with Crippen LogP contribution in [0.1, 0.15) is 31.9 Å². The third kappa shape index (κ3) is 5.57. The lowest BCUT2D eigenvalue weighted by atomic mass is 10.0. The number of hydrogen-bond donors (Lipinski definition) is 1. The quantitative estimate of drug-likeness (QED) is 0.783. The summed E-state index contributed by atoms with van der Waals surface area (Å²) >= 11 is 0. The summed E-state index contributed by atoms with van der Waals surface area (Å²) in [4.78, 5) is 4.83. The minimum atomic E-state index is -3.18. The van der Waals surface area contributed by atoms with E-state index in [9.17, 15) is 8.42 Å². The van der Waals surface area contributed by atoms with Gasteiger partial charge in [0, 0.05) is 38.8 Å². The summed E-state index contributed by atoms with van der Waals surface area (Å²) in [5.74, 6) is 0.193. The summed E-state index contributed by atoms with van der Waals surface area (Å²) in [6.07, 6.45) is 0.639. The van der Waals surface area contributed by atoms with Gasteiger partial charge in [-0.3, -0.25) is 4.90 Å². The van der Waals surface area contributed by atoms with Gasteiger partial charge in [0.15, 0.2) is 0 Å². The lowest BCUT2D eigenvalue weighted by molar-refractivity contribution is 0.100. The Morgan fingerprint density at radius 1 is 1.09 bits per heavy atom. The molecule has 0 bridgehead atoms. The third-order valence-corrected chi connectivity index (χ3v) is 6.00. The van der Waals surface area contributed by atoms with E-state index in [-0.39, 0.29) is 11.8 Å². The van der Waals surface area contributed by atoms with Crippen molar-refractivity contribution in [2.75, 3.05) is 45.0 Å². The maximum absolute atomic E-state index is 12.0. The Kier molecular flexibility index (Phi) is 7.02. The fourth-order valence-corrected chi connectivity index (χ4v) is 4.16. The standard InChI is InChI=1S/C17H29N3O2S/c1-3-14-23(21,22)18-15-17(16-8-6-5-7-9-16)20-12-10-19(4-2)11-13-20/h5-9,17-18H,3-4,10-15H2,1-2H3. The molecule has 1 aliphatic rings. The van der Waals surface area contributed by atoms with Crippen LogP contribution in [0.15, 0.2) is 30.3 Å². The van der Waals surface area contributed by atoms with Gasteiger partial charge in [-0.05, 0) is 18.5 Å². The summed E-state index contributed by atoms with van der Waals surface area (Å²) in [6.45, 7) is 9.63. The maximum Gasteiger partial charge on any atom is 0.211 e. The van der Waals surface area contributed by atoms with Gasteiger partial charge < -0.3 is 4.90 Å². The van der Waals surface area contributed by atoms with Crippen LogP contribution in [0.2, 0.25) is 0 Å². The van der Waals surface area contributed by atoms with Crippen molar-refractivity contribution in [3.63, 3.8) is 0 Å². The molecular weight excluding hydrogens is 310 g/mol. The molecule has 1 N–H and O–H groups in total. The average Bonchev–Trinajstić information content (AvgIpc) is 2.56. The zero-order valence-corrected chi connectivity index (χ0v) is 15.1. The van der Waals surface area contributed by atoms with Crippen molar-refractivity contribution in [3.05, 3.63) is 35.9 Å². The number of likely N-dealkylation sites (N-methyl/N-ethyl adjacent to an activating group) is 1. The van der Waals surface area contributed by atoms with E-state index in [1.54, 1.807) is 0 Å². The topological polar surface area (TPSA) is 52.7 Å². The first-order valence-corrected chi connectivity index (χ1v) is 10.2. The second-order valence-electron chi connectivity index (χ2n) is 6.06. The molecule has 6 heteroatoms. The Hall–Kier alpha value is -0.950. The van der Waals surface area contributed by atoms with Crippen LogP contribution in [0.4, 0.5) is 0 Å². The van der Waals surface area contributed by atoms with Crippen LogP contribution >= 0.6 is 0 Å². The highest BCUT2D eigenvalue weighted by Gasteiger charge is 2.25. The van der Waals surface area contributed by atoms with Crippen molar-refractivity contribution in [1.29, 1.82) is 0 Å². The Bertz CT molecular complexity index is 554. The van der Waals surface area contributed by atoms with Crippen LogP contribution < -0.4 is 4.72 Å². The fraction of sp³-hybridized carbons (Fsp3) is 0.647. The number of benzene rings is 1. The fourth-order valence-electron chi connectivity index (χ4n) is 3.07. The largest absolute Gasteiger partial charge is 0.301 e. The van der Waals surface area contributed by atoms with E-state index in [0.29, 0.717) is 13.0 Å². The van der Waals surface area contributed by atoms with Gasteiger partial charge in [0.25, 0.3) is 0 Å². The molecule has 1 aliphatic heterocycles. The maximum atomic E-state index is 12.0. The van der Waals surface area contributed by atoms with Crippen molar-refractivity contribution in [2.45, 2.75) is 26.3 Å². The highest BCUT2D eigenvalue weighted by Crippen LogP contribution is 2.21. The van der Waals surface area contributed by atoms with Crippen LogP contribution in [0, 0.1) is 0 Å². The molecule has 2 rings (SSSR count). The summed E-state index contributed by atoms with van der Waals surface area (Å²) < 4.78 is 26.8. The predicted octanol–water partition coefficient (Wildman–Crippen LogP) is 1.69. The molecule has 1 heterocycles. The number of nitrogens with one attached hydrogen (secondary N) is 1. The molecule has 1 unspecified atom stereocenters. The van der Waals surface area contributed by atoms with Crippen LogP contribution in [0.5, 0.6) is 0 Å². The van der Waals surface area contributed by atoms with E-state index in [1.165, 1.54) is 5.56 Å². The third-order valence-electron chi connectivity index (χ3n) is 4.45. The highest BCUT2D eigenvalue weighted by atomic mass is 32.2. The summed E-state index contributed by atoms with van der Waals surface area (Å²) in [5.41, 5.74) is 1.18. The molecular formula is C17H29N3O2S. The first kappa shape index (κ1) is 18.4. The molecule has 1 atom stereocenters. The van der Waals surface area contributed by atoms with Gasteiger partial charge >= 0.3 is 0 Å². The lowest BCUT2D eigenvalue weighted by Gasteiger charge is -2.39. The van der Waals surface area contributed by atoms with Crippen molar-refractivity contribution >= 4 is 10.0 Å². The molecule has 0 spiro atoms. The van der Waals surface area contributed by atoms with E-state index in [2.05, 4.69) is 33.6 Å². The number of sulfonamides is 1. The van der Waals surface area contributed by atoms with E-state index in [0.717, 1.165) is 32.7 Å². The van der Waals surface area contributed by atoms with Crippen LogP contribution in [-0.2, 0) is 10.0 Å². The van der Waals surface area contributed by atoms with Gasteiger partial charge in [-0.2, -0.15) is 0 Å². The normalized spacial score (nSPS) is 18.9. The van der Waals surface area contributed by atoms with E-state index in [1.807, 2.05) is 25.1 Å². The van der Waals surface area contributed by atoms with Crippen molar-refractivity contribution in [2.24, 2.45) is 0 Å². The zero-order valence-electron chi connectivity index (χ0n) is 14.2. The minimum Gasteiger partial charge on any atom is -0.301 e. The van der Waals surface area contributed by atoms with Gasteiger partial charge in [0.2, 0.25) is 10.0 Å². The highest BCUT2D eigenvalue weighted by molar-refractivity contribution is 7.89. The Labute approximate surface area is 140 Å². The average molecular weight is 340 g/mol. The van der Waals surface area contributed by atoms with Crippen LogP contribution in [0.25, 0.3) is 0 Å². The number of rotatable bonds is 8. The molecule has 130 valence electrons. The van der Waals surface area contributed by atoms with Crippen molar-refractivity contribution in [1.82, 2.24) is 14.5 Å². The van der Waals surface area contributed by atoms with Gasteiger partial charge in [-0.25, -0.2) is 13.1 Å². The minimum absolute atomic E-state index is 0.0989. The predicted molar refractivity (Wildman–Crippen MR) is 95.0 cm³/mol. The molecule has 0 radical (unpaired) electrons. The zero-order chi connectivity index (χ0) is 16.7. The van der Waals surface area contributed by atoms with Crippen molar-refractivity contribution < 1.29 is 8.42 Å². The molecule has 1 fully saturated rings. The molecule has 0 amide bonds. The molecule has 1 aromatic carbocycles. The summed E-state index contributed by atoms with van der Waals surface area (Å²) in [5, 5.41) is 0. The number of piperazine rings is 1. The molecule has 1 aromatic rings. The second kappa shape index (κ2) is 8.78. The Morgan fingerprint density at radius 3 is 2.30 bits per heavy atom. The van der Waals surface area contributed by atoms with Crippen LogP contribution in [0.3, 0.4) is 0 Å². The number of nitrogens with zero attached hydrogens (tertiary/aromatic N) is 2. The first-order chi connectivity index (χ1) is 11.1. The van der Waals surface area contributed by atoms with Crippen molar-refractivity contribution in [3.8, 4) is 0 Å². The lowest BCUT2D eigenvalue weighted by Crippen LogP contribution is -2.49. The van der Waals surface area contributed by atoms with Gasteiger partial charge in [-0.1, -0.05) is 44.2 Å². The molecule has 5 nitrogen and oxygen atoms in total. The first-order valence-electron chi connectivity index (χ1n) is 8.54. The summed E-state index contributed by atoms with van der Waals surface area (Å²) in [6, 6.07) is 10.3. The molecule has 0 aromatic heterocycles. The SMILES string of the molecule is CCCS(=O)(=O)NCC(c1ccccc1)N1CCN(CC)CC1. The molecule has 0 saturated carbocycles. The molecule has 23 heavy (non-hydrogen) atoms. The van der Waals surface area contributed by atoms with E-state index < -0.39 is 10.0 Å². The van der Waals surface area contributed by atoms with Gasteiger partial charge in [0.1, 0.15) is 0 Å². The second-order valence-corrected chi connectivity index (χ2v) is 7.99. The van der Waals surface area contributed by atoms with Gasteiger partial charge in [0.05, 0.1) is 5.75 Å². The number of hydrogen-bond acceptors (Lipinski definition) is 4. The van der Waals surface area contributed by atoms with E-state index >= 15 is 0 Å². The van der Waals surface area contributed by atoms with E-state index in [4.69, 9.17) is 0 Å². The Balaban J connectivity index is 2.07. The smallest absolute Gasteiger partial charge is 0.211 e. The molecule has 0 aliphatic carbocycles. The summed E-state index contributed by atoms with van der Waals surface area (Å²) in [7, 11) is -3.18. The van der Waals surface area contributed by atoms with Crippen LogP contribution in [-0.4, -0.2) is 63.2 Å². The monoisotopic (exact) mass is 339 g/mol. The Morgan fingerprint density at radius 2 is 1.74 bits per heavy atom.